The zero-order chi connectivity index (χ0) is 11.1. The van der Waals surface area contributed by atoms with Gasteiger partial charge in [-0.1, -0.05) is 0 Å². The Bertz CT molecular complexity index is 272. The van der Waals surface area contributed by atoms with E-state index in [1.54, 1.807) is 6.92 Å². The summed E-state index contributed by atoms with van der Waals surface area (Å²) in [6.07, 6.45) is 2.11. The molecule has 0 bridgehead atoms. The van der Waals surface area contributed by atoms with Crippen molar-refractivity contribution in [1.82, 2.24) is 4.57 Å². The molecule has 4 heteroatoms. The van der Waals surface area contributed by atoms with Crippen molar-refractivity contribution in [3.8, 4) is 0 Å². The molecule has 0 saturated heterocycles. The van der Waals surface area contributed by atoms with Crippen LogP contribution < -0.4 is 0 Å². The molecule has 0 aromatic carbocycles. The molecule has 0 spiro atoms. The molecule has 0 N–H and O–H groups in total. The fourth-order valence-electron chi connectivity index (χ4n) is 0.952. The number of nitrogens with zero attached hydrogens (tertiary/aromatic N) is 1. The van der Waals surface area contributed by atoms with Crippen LogP contribution in [0.1, 0.15) is 18.2 Å². The quantitative estimate of drug-likeness (QED) is 0.767. The van der Waals surface area contributed by atoms with Crippen LogP contribution in [-0.2, 0) is 16.6 Å². The number of rotatable bonds is 2. The maximum absolute atomic E-state index is 9.18. The van der Waals surface area contributed by atoms with Crippen LogP contribution in [0.5, 0.6) is 0 Å². The van der Waals surface area contributed by atoms with Crippen molar-refractivity contribution in [1.29, 1.82) is 0 Å². The van der Waals surface area contributed by atoms with Gasteiger partial charge >= 0.3 is 0 Å². The average molecular weight is 262 g/mol. The van der Waals surface area contributed by atoms with Crippen LogP contribution in [0.4, 0.5) is 0 Å². The largest absolute Gasteiger partial charge is 0.468 e. The lowest BCUT2D eigenvalue weighted by molar-refractivity contribution is -0.128. The average Bonchev–Trinajstić information content (AvgIpc) is 2.36. The second kappa shape index (κ2) is 6.65. The van der Waals surface area contributed by atoms with E-state index in [1.807, 2.05) is 7.05 Å². The van der Waals surface area contributed by atoms with Gasteiger partial charge in [-0.3, -0.25) is 4.79 Å². The normalized spacial score (nSPS) is 8.93. The maximum atomic E-state index is 9.18. The first-order valence-electron chi connectivity index (χ1n) is 4.37. The van der Waals surface area contributed by atoms with Gasteiger partial charge in [-0.2, -0.15) is 0 Å². The third kappa shape index (κ3) is 3.96. The fraction of sp³-hybridized carbons (Fsp3) is 0.500. The lowest BCUT2D eigenvalue weighted by Crippen LogP contribution is -1.86. The Hall–Kier alpha value is -0.770. The highest BCUT2D eigenvalue weighted by Crippen LogP contribution is 2.20. The van der Waals surface area contributed by atoms with Gasteiger partial charge in [0.15, 0.2) is 0 Å². The van der Waals surface area contributed by atoms with Crippen LogP contribution in [0.3, 0.4) is 0 Å². The molecule has 1 aromatic rings. The first-order valence-corrected chi connectivity index (χ1v) is 5.17. The Labute approximate surface area is 93.2 Å². The van der Waals surface area contributed by atoms with E-state index in [1.165, 1.54) is 15.7 Å². The van der Waals surface area contributed by atoms with Crippen LogP contribution in [0.15, 0.2) is 10.7 Å². The van der Waals surface area contributed by atoms with E-state index < -0.39 is 0 Å². The molecule has 0 amide bonds. The molecule has 0 saturated carbocycles. The Morgan fingerprint density at radius 1 is 1.57 bits per heavy atom. The van der Waals surface area contributed by atoms with Gasteiger partial charge in [0.05, 0.1) is 6.61 Å². The molecule has 0 unspecified atom stereocenters. The van der Waals surface area contributed by atoms with Crippen molar-refractivity contribution < 1.29 is 9.53 Å². The number of aromatic nitrogens is 1. The molecule has 1 aromatic heterocycles. The molecule has 3 nitrogen and oxygen atoms in total. The van der Waals surface area contributed by atoms with Gasteiger partial charge in [0.2, 0.25) is 0 Å². The van der Waals surface area contributed by atoms with E-state index in [-0.39, 0.29) is 0 Å². The van der Waals surface area contributed by atoms with Crippen molar-refractivity contribution in [2.24, 2.45) is 7.05 Å². The molecule has 1 rings (SSSR count). The van der Waals surface area contributed by atoms with Crippen molar-refractivity contribution in [3.05, 3.63) is 21.9 Å². The summed E-state index contributed by atoms with van der Waals surface area (Å²) >= 11 is 3.48. The standard InChI is InChI=1S/C7H10BrN.C3H6O2/c1-5-4-9(3)6(2)7(5)8;1-2-5-3-4/h4H,1-3H3;3H,2H2,1H3. The molecule has 0 atom stereocenters. The molecule has 0 radical (unpaired) electrons. The first kappa shape index (κ1) is 13.2. The lowest BCUT2D eigenvalue weighted by Gasteiger charge is -1.92. The minimum Gasteiger partial charge on any atom is -0.468 e. The van der Waals surface area contributed by atoms with E-state index in [9.17, 15) is 4.79 Å². The summed E-state index contributed by atoms with van der Waals surface area (Å²) < 4.78 is 7.49. The second-order valence-corrected chi connectivity index (χ2v) is 3.67. The van der Waals surface area contributed by atoms with E-state index in [0.717, 1.165) is 0 Å². The van der Waals surface area contributed by atoms with E-state index >= 15 is 0 Å². The predicted molar refractivity (Wildman–Crippen MR) is 60.3 cm³/mol. The molecular formula is C10H16BrNO2. The summed E-state index contributed by atoms with van der Waals surface area (Å²) in [7, 11) is 2.05. The van der Waals surface area contributed by atoms with Gasteiger partial charge in [-0.25, -0.2) is 0 Å². The fourth-order valence-corrected chi connectivity index (χ4v) is 1.33. The predicted octanol–water partition coefficient (Wildman–Crippen LogP) is 2.58. The number of ether oxygens (including phenoxy) is 1. The zero-order valence-electron chi connectivity index (χ0n) is 9.00. The summed E-state index contributed by atoms with van der Waals surface area (Å²) in [4.78, 5) is 9.18. The molecule has 0 aliphatic carbocycles. The maximum Gasteiger partial charge on any atom is 0.293 e. The number of carbonyl (C=O) groups is 1. The first-order chi connectivity index (χ1) is 6.54. The number of halogens is 1. The molecule has 0 fully saturated rings. The topological polar surface area (TPSA) is 31.2 Å². The molecule has 0 aliphatic heterocycles. The highest BCUT2D eigenvalue weighted by atomic mass is 79.9. The van der Waals surface area contributed by atoms with Gasteiger partial charge in [-0.05, 0) is 42.3 Å². The summed E-state index contributed by atoms with van der Waals surface area (Å²) in [5, 5.41) is 0. The van der Waals surface area contributed by atoms with Gasteiger partial charge in [0.25, 0.3) is 6.47 Å². The highest BCUT2D eigenvalue weighted by molar-refractivity contribution is 9.10. The number of hydrogen-bond acceptors (Lipinski definition) is 2. The van der Waals surface area contributed by atoms with Gasteiger partial charge in [0, 0.05) is 23.4 Å². The van der Waals surface area contributed by atoms with E-state index in [4.69, 9.17) is 0 Å². The van der Waals surface area contributed by atoms with Gasteiger partial charge in [-0.15, -0.1) is 0 Å². The van der Waals surface area contributed by atoms with Crippen LogP contribution in [0.2, 0.25) is 0 Å². The summed E-state index contributed by atoms with van der Waals surface area (Å²) in [5.41, 5.74) is 2.59. The van der Waals surface area contributed by atoms with Gasteiger partial charge < -0.3 is 9.30 Å². The Morgan fingerprint density at radius 2 is 2.14 bits per heavy atom. The Kier molecular flexibility index (Phi) is 6.28. The van der Waals surface area contributed by atoms with Crippen LogP contribution in [0.25, 0.3) is 0 Å². The Balaban J connectivity index is 0.000000292. The monoisotopic (exact) mass is 261 g/mol. The molecule has 1 heterocycles. The van der Waals surface area contributed by atoms with Crippen LogP contribution in [-0.4, -0.2) is 17.6 Å². The smallest absolute Gasteiger partial charge is 0.293 e. The third-order valence-electron chi connectivity index (χ3n) is 1.81. The molecular weight excluding hydrogens is 246 g/mol. The number of carbonyl (C=O) groups excluding carboxylic acids is 1. The van der Waals surface area contributed by atoms with E-state index in [0.29, 0.717) is 13.1 Å². The van der Waals surface area contributed by atoms with Crippen molar-refractivity contribution >= 4 is 22.4 Å². The minimum atomic E-state index is 0.431. The molecule has 80 valence electrons. The summed E-state index contributed by atoms with van der Waals surface area (Å²) in [5.74, 6) is 0. The summed E-state index contributed by atoms with van der Waals surface area (Å²) in [6, 6.07) is 0. The lowest BCUT2D eigenvalue weighted by atomic mass is 10.3. The third-order valence-corrected chi connectivity index (χ3v) is 3.01. The SMILES string of the molecule is CCOC=O.Cc1cn(C)c(C)c1Br. The summed E-state index contributed by atoms with van der Waals surface area (Å²) in [6.45, 7) is 6.85. The van der Waals surface area contributed by atoms with Gasteiger partial charge in [0.1, 0.15) is 0 Å². The van der Waals surface area contributed by atoms with Crippen molar-refractivity contribution in [2.45, 2.75) is 20.8 Å². The Morgan fingerprint density at radius 3 is 2.21 bits per heavy atom. The number of aryl methyl sites for hydroxylation is 2. The zero-order valence-corrected chi connectivity index (χ0v) is 10.6. The van der Waals surface area contributed by atoms with Crippen molar-refractivity contribution in [2.75, 3.05) is 6.61 Å². The van der Waals surface area contributed by atoms with E-state index in [2.05, 4.69) is 45.3 Å². The highest BCUT2D eigenvalue weighted by Gasteiger charge is 2.01. The van der Waals surface area contributed by atoms with Crippen molar-refractivity contribution in [3.63, 3.8) is 0 Å². The molecule has 14 heavy (non-hydrogen) atoms. The molecule has 0 aliphatic rings. The number of hydrogen-bond donors (Lipinski definition) is 0. The van der Waals surface area contributed by atoms with Crippen LogP contribution >= 0.6 is 15.9 Å². The van der Waals surface area contributed by atoms with Crippen LogP contribution in [0, 0.1) is 13.8 Å². The second-order valence-electron chi connectivity index (χ2n) is 2.87. The minimum absolute atomic E-state index is 0.431.